The highest BCUT2D eigenvalue weighted by molar-refractivity contribution is 9.10. The highest BCUT2D eigenvalue weighted by Crippen LogP contribution is 2.36. The van der Waals surface area contributed by atoms with Gasteiger partial charge in [-0.3, -0.25) is 4.79 Å². The molecule has 0 aliphatic heterocycles. The third kappa shape index (κ3) is 3.86. The average molecular weight is 441 g/mol. The number of carbonyl (C=O) groups excluding carboxylic acids is 1. The first-order valence-electron chi connectivity index (χ1n) is 5.81. The minimum Gasteiger partial charge on any atom is -0.322 e. The van der Waals surface area contributed by atoms with Gasteiger partial charge in [-0.15, -0.1) is 0 Å². The normalized spacial score (nSPS) is 11.4. The predicted molar refractivity (Wildman–Crippen MR) is 81.2 cm³/mol. The lowest BCUT2D eigenvalue weighted by molar-refractivity contribution is -0.138. The van der Waals surface area contributed by atoms with Crippen molar-refractivity contribution < 1.29 is 22.4 Å². The smallest absolute Gasteiger partial charge is 0.322 e. The summed E-state index contributed by atoms with van der Waals surface area (Å²) in [5.41, 5.74) is -0.951. The zero-order valence-corrected chi connectivity index (χ0v) is 13.8. The Kier molecular flexibility index (Phi) is 4.91. The summed E-state index contributed by atoms with van der Waals surface area (Å²) >= 11 is 5.76. The highest BCUT2D eigenvalue weighted by Gasteiger charge is 2.33. The number of carbonyl (C=O) groups is 1. The molecule has 0 aliphatic rings. The van der Waals surface area contributed by atoms with Crippen LogP contribution in [-0.2, 0) is 6.18 Å². The third-order valence-electron chi connectivity index (χ3n) is 2.71. The van der Waals surface area contributed by atoms with E-state index in [9.17, 15) is 22.4 Å². The number of hydrogen-bond donors (Lipinski definition) is 1. The number of halogens is 6. The van der Waals surface area contributed by atoms with Gasteiger partial charge >= 0.3 is 6.18 Å². The lowest BCUT2D eigenvalue weighted by Gasteiger charge is -2.12. The van der Waals surface area contributed by atoms with E-state index in [4.69, 9.17) is 0 Å². The second kappa shape index (κ2) is 6.37. The first-order chi connectivity index (χ1) is 10.2. The molecular weight excluding hydrogens is 434 g/mol. The molecule has 0 heterocycles. The molecule has 116 valence electrons. The molecule has 0 fully saturated rings. The zero-order chi connectivity index (χ0) is 16.5. The van der Waals surface area contributed by atoms with Crippen LogP contribution in [0.15, 0.2) is 45.3 Å². The topological polar surface area (TPSA) is 29.1 Å². The number of benzene rings is 2. The summed E-state index contributed by atoms with van der Waals surface area (Å²) in [5, 5.41) is 2.30. The van der Waals surface area contributed by atoms with Crippen molar-refractivity contribution in [3.05, 3.63) is 62.3 Å². The Morgan fingerprint density at radius 2 is 1.64 bits per heavy atom. The Morgan fingerprint density at radius 1 is 1.00 bits per heavy atom. The van der Waals surface area contributed by atoms with Gasteiger partial charge in [0.15, 0.2) is 0 Å². The summed E-state index contributed by atoms with van der Waals surface area (Å²) in [4.78, 5) is 11.9. The molecule has 0 aromatic heterocycles. The van der Waals surface area contributed by atoms with Crippen LogP contribution in [0, 0.1) is 5.82 Å². The van der Waals surface area contributed by atoms with Gasteiger partial charge in [-0.2, -0.15) is 13.2 Å². The fourth-order valence-electron chi connectivity index (χ4n) is 1.66. The van der Waals surface area contributed by atoms with Crippen molar-refractivity contribution >= 4 is 43.5 Å². The van der Waals surface area contributed by atoms with Crippen molar-refractivity contribution in [2.45, 2.75) is 6.18 Å². The summed E-state index contributed by atoms with van der Waals surface area (Å²) < 4.78 is 51.8. The molecule has 2 rings (SSSR count). The van der Waals surface area contributed by atoms with Crippen molar-refractivity contribution in [1.82, 2.24) is 0 Å². The van der Waals surface area contributed by atoms with E-state index in [2.05, 4.69) is 37.2 Å². The molecule has 2 aromatic rings. The van der Waals surface area contributed by atoms with Crippen molar-refractivity contribution in [1.29, 1.82) is 0 Å². The Labute approximate surface area is 139 Å². The Morgan fingerprint density at radius 3 is 2.23 bits per heavy atom. The van der Waals surface area contributed by atoms with Gasteiger partial charge < -0.3 is 5.32 Å². The lowest BCUT2D eigenvalue weighted by atomic mass is 10.1. The lowest BCUT2D eigenvalue weighted by Crippen LogP contribution is -2.13. The molecule has 1 N–H and O–H groups in total. The highest BCUT2D eigenvalue weighted by atomic mass is 79.9. The van der Waals surface area contributed by atoms with Gasteiger partial charge in [0, 0.05) is 15.7 Å². The van der Waals surface area contributed by atoms with Crippen LogP contribution >= 0.6 is 31.9 Å². The van der Waals surface area contributed by atoms with E-state index < -0.39 is 23.5 Å². The molecule has 2 aromatic carbocycles. The maximum atomic E-state index is 13.4. The number of anilines is 1. The van der Waals surface area contributed by atoms with E-state index in [-0.39, 0.29) is 20.2 Å². The Hall–Kier alpha value is -1.41. The van der Waals surface area contributed by atoms with Crippen LogP contribution < -0.4 is 5.32 Å². The summed E-state index contributed by atoms with van der Waals surface area (Å²) in [6.07, 6.45) is -4.55. The van der Waals surface area contributed by atoms with Gasteiger partial charge in [0.2, 0.25) is 0 Å². The van der Waals surface area contributed by atoms with Crippen LogP contribution in [0.1, 0.15) is 15.9 Å². The number of hydrogen-bond acceptors (Lipinski definition) is 1. The SMILES string of the molecule is O=C(Nc1ccc(Br)c(C(F)(F)F)c1)c1ccc(Br)c(F)c1. The molecule has 2 nitrogen and oxygen atoms in total. The molecule has 1 amide bonds. The van der Waals surface area contributed by atoms with Crippen molar-refractivity contribution in [2.24, 2.45) is 0 Å². The second-order valence-electron chi connectivity index (χ2n) is 4.28. The van der Waals surface area contributed by atoms with Crippen molar-refractivity contribution in [2.75, 3.05) is 5.32 Å². The summed E-state index contributed by atoms with van der Waals surface area (Å²) in [5.74, 6) is -1.35. The van der Waals surface area contributed by atoms with E-state index in [0.29, 0.717) is 0 Å². The van der Waals surface area contributed by atoms with Crippen molar-refractivity contribution in [3.8, 4) is 0 Å². The maximum absolute atomic E-state index is 13.4. The summed E-state index contributed by atoms with van der Waals surface area (Å²) in [7, 11) is 0. The molecule has 0 spiro atoms. The van der Waals surface area contributed by atoms with E-state index >= 15 is 0 Å². The fourth-order valence-corrected chi connectivity index (χ4v) is 2.38. The average Bonchev–Trinajstić information content (AvgIpc) is 2.42. The number of nitrogens with one attached hydrogen (secondary N) is 1. The predicted octanol–water partition coefficient (Wildman–Crippen LogP) is 5.62. The molecule has 0 saturated carbocycles. The van der Waals surface area contributed by atoms with E-state index in [1.807, 2.05) is 0 Å². The molecule has 8 heteroatoms. The molecule has 0 unspecified atom stereocenters. The minimum absolute atomic E-state index is 0.00261. The number of amides is 1. The molecule has 0 radical (unpaired) electrons. The second-order valence-corrected chi connectivity index (χ2v) is 5.98. The molecule has 0 bridgehead atoms. The third-order valence-corrected chi connectivity index (χ3v) is 4.05. The van der Waals surface area contributed by atoms with Gasteiger partial charge in [0.25, 0.3) is 5.91 Å². The van der Waals surface area contributed by atoms with Crippen molar-refractivity contribution in [3.63, 3.8) is 0 Å². The van der Waals surface area contributed by atoms with Crippen LogP contribution in [-0.4, -0.2) is 5.91 Å². The van der Waals surface area contributed by atoms with Gasteiger partial charge in [-0.1, -0.05) is 15.9 Å². The zero-order valence-electron chi connectivity index (χ0n) is 10.6. The monoisotopic (exact) mass is 439 g/mol. The van der Waals surface area contributed by atoms with Crippen LogP contribution in [0.2, 0.25) is 0 Å². The fraction of sp³-hybridized carbons (Fsp3) is 0.0714. The molecule has 0 saturated heterocycles. The van der Waals surface area contributed by atoms with E-state index in [1.165, 1.54) is 24.3 Å². The Balaban J connectivity index is 2.27. The molecule has 0 atom stereocenters. The number of rotatable bonds is 2. The van der Waals surface area contributed by atoms with Gasteiger partial charge in [0.1, 0.15) is 5.82 Å². The van der Waals surface area contributed by atoms with E-state index in [0.717, 1.165) is 12.1 Å². The quantitative estimate of drug-likeness (QED) is 0.603. The molecule has 0 aliphatic carbocycles. The first kappa shape index (κ1) is 17.0. The van der Waals surface area contributed by atoms with Gasteiger partial charge in [-0.25, -0.2) is 4.39 Å². The van der Waals surface area contributed by atoms with Crippen LogP contribution in [0.3, 0.4) is 0 Å². The van der Waals surface area contributed by atoms with Gasteiger partial charge in [0.05, 0.1) is 10.0 Å². The summed E-state index contributed by atoms with van der Waals surface area (Å²) in [6, 6.07) is 6.98. The largest absolute Gasteiger partial charge is 0.417 e. The van der Waals surface area contributed by atoms with Crippen LogP contribution in [0.5, 0.6) is 0 Å². The number of alkyl halides is 3. The maximum Gasteiger partial charge on any atom is 0.417 e. The van der Waals surface area contributed by atoms with Gasteiger partial charge in [-0.05, 0) is 52.3 Å². The first-order valence-corrected chi connectivity index (χ1v) is 7.40. The molecule has 22 heavy (non-hydrogen) atoms. The summed E-state index contributed by atoms with van der Waals surface area (Å²) in [6.45, 7) is 0. The van der Waals surface area contributed by atoms with Crippen LogP contribution in [0.25, 0.3) is 0 Å². The van der Waals surface area contributed by atoms with Crippen LogP contribution in [0.4, 0.5) is 23.2 Å². The Bertz CT molecular complexity index is 731. The molecular formula is C14H7Br2F4NO. The van der Waals surface area contributed by atoms with E-state index in [1.54, 1.807) is 0 Å². The standard InChI is InChI=1S/C14H7Br2F4NO/c15-10-4-2-8(6-9(10)14(18,19)20)21-13(22)7-1-3-11(16)12(17)5-7/h1-6H,(H,21,22). The minimum atomic E-state index is -4.55.